The van der Waals surface area contributed by atoms with Crippen LogP contribution in [0.4, 0.5) is 26.1 Å². The number of rotatable bonds is 5. The summed E-state index contributed by atoms with van der Waals surface area (Å²) in [5, 5.41) is 3.26. The van der Waals surface area contributed by atoms with E-state index >= 15 is 0 Å². The van der Waals surface area contributed by atoms with Gasteiger partial charge in [-0.3, -0.25) is 0 Å². The van der Waals surface area contributed by atoms with Gasteiger partial charge in [-0.25, -0.2) is 27.2 Å². The van der Waals surface area contributed by atoms with Gasteiger partial charge in [-0.2, -0.15) is 4.31 Å². The average molecular weight is 460 g/mol. The molecule has 32 heavy (non-hydrogen) atoms. The lowest BCUT2D eigenvalue weighted by atomic mass is 10.2. The Hall–Kier alpha value is -3.11. The quantitative estimate of drug-likeness (QED) is 0.628. The van der Waals surface area contributed by atoms with Crippen molar-refractivity contribution in [1.29, 1.82) is 0 Å². The van der Waals surface area contributed by atoms with E-state index in [0.717, 1.165) is 23.4 Å². The van der Waals surface area contributed by atoms with Crippen LogP contribution in [0.2, 0.25) is 0 Å². The number of nitrogens with one attached hydrogen (secondary N) is 1. The topological polar surface area (TPSA) is 78.4 Å². The maximum absolute atomic E-state index is 13.5. The molecule has 2 aromatic carbocycles. The van der Waals surface area contributed by atoms with Gasteiger partial charge in [0.05, 0.1) is 4.90 Å². The molecule has 1 fully saturated rings. The lowest BCUT2D eigenvalue weighted by Crippen LogP contribution is -2.49. The fraction of sp³-hybridized carbons (Fsp3) is 0.273. The number of anilines is 3. The first kappa shape index (κ1) is 22.1. The predicted molar refractivity (Wildman–Crippen MR) is 119 cm³/mol. The second-order valence-corrected chi connectivity index (χ2v) is 9.58. The summed E-state index contributed by atoms with van der Waals surface area (Å²) in [7, 11) is -3.99. The first-order chi connectivity index (χ1) is 15.2. The fourth-order valence-electron chi connectivity index (χ4n) is 3.55. The molecular weight excluding hydrogens is 436 g/mol. The minimum atomic E-state index is -3.99. The Morgan fingerprint density at radius 2 is 1.50 bits per heavy atom. The van der Waals surface area contributed by atoms with Crippen molar-refractivity contribution in [3.05, 3.63) is 71.6 Å². The summed E-state index contributed by atoms with van der Waals surface area (Å²) >= 11 is 0. The first-order valence-electron chi connectivity index (χ1n) is 10.1. The molecule has 0 aliphatic carbocycles. The first-order valence-corrected chi connectivity index (χ1v) is 11.6. The van der Waals surface area contributed by atoms with Crippen molar-refractivity contribution in [3.8, 4) is 0 Å². The van der Waals surface area contributed by atoms with E-state index in [4.69, 9.17) is 0 Å². The molecule has 0 spiro atoms. The Balaban J connectivity index is 1.48. The van der Waals surface area contributed by atoms with E-state index in [1.165, 1.54) is 4.31 Å². The zero-order valence-electron chi connectivity index (χ0n) is 17.7. The normalized spacial score (nSPS) is 15.1. The Bertz CT molecular complexity index is 1210. The van der Waals surface area contributed by atoms with Gasteiger partial charge in [0.2, 0.25) is 10.0 Å². The molecule has 4 rings (SSSR count). The monoisotopic (exact) mass is 459 g/mol. The molecule has 3 aromatic rings. The van der Waals surface area contributed by atoms with Gasteiger partial charge in [-0.1, -0.05) is 17.7 Å². The van der Waals surface area contributed by atoms with Gasteiger partial charge in [-0.05, 0) is 38.1 Å². The number of hydrogen-bond donors (Lipinski definition) is 1. The second kappa shape index (κ2) is 8.79. The SMILES string of the molecule is Cc1ccc(Nc2cc(N3CCN(S(=O)(=O)c4cc(F)cc(F)c4)CC3)nc(C)n2)cc1. The molecule has 10 heteroatoms. The number of piperazine rings is 1. The number of aryl methyl sites for hydroxylation is 2. The molecular formula is C22H23F2N5O2S. The van der Waals surface area contributed by atoms with Crippen molar-refractivity contribution in [1.82, 2.24) is 14.3 Å². The Morgan fingerprint density at radius 3 is 2.12 bits per heavy atom. The lowest BCUT2D eigenvalue weighted by molar-refractivity contribution is 0.383. The molecule has 1 N–H and O–H groups in total. The van der Waals surface area contributed by atoms with Gasteiger partial charge in [0.25, 0.3) is 0 Å². The summed E-state index contributed by atoms with van der Waals surface area (Å²) in [5.41, 5.74) is 2.06. The zero-order chi connectivity index (χ0) is 22.9. The number of benzene rings is 2. The zero-order valence-corrected chi connectivity index (χ0v) is 18.5. The summed E-state index contributed by atoms with van der Waals surface area (Å²) < 4.78 is 53.9. The Kier molecular flexibility index (Phi) is 6.07. The van der Waals surface area contributed by atoms with Crippen molar-refractivity contribution in [2.45, 2.75) is 18.7 Å². The molecule has 1 saturated heterocycles. The van der Waals surface area contributed by atoms with Crippen LogP contribution in [-0.4, -0.2) is 48.9 Å². The van der Waals surface area contributed by atoms with E-state index in [1.54, 1.807) is 6.92 Å². The summed E-state index contributed by atoms with van der Waals surface area (Å²) in [4.78, 5) is 10.5. The van der Waals surface area contributed by atoms with Gasteiger partial charge in [0.15, 0.2) is 0 Å². The predicted octanol–water partition coefficient (Wildman–Crippen LogP) is 3.63. The molecule has 1 aromatic heterocycles. The molecule has 0 atom stereocenters. The van der Waals surface area contributed by atoms with E-state index in [0.29, 0.717) is 36.6 Å². The second-order valence-electron chi connectivity index (χ2n) is 7.65. The highest BCUT2D eigenvalue weighted by Gasteiger charge is 2.30. The van der Waals surface area contributed by atoms with E-state index in [2.05, 4.69) is 15.3 Å². The highest BCUT2D eigenvalue weighted by atomic mass is 32.2. The third kappa shape index (κ3) is 4.86. The fourth-order valence-corrected chi connectivity index (χ4v) is 5.01. The standard InChI is InChI=1S/C22H23F2N5O2S/c1-15-3-5-19(6-4-15)27-21-14-22(26-16(2)25-21)28-7-9-29(10-8-28)32(30,31)20-12-17(23)11-18(24)13-20/h3-6,11-14H,7-10H2,1-2H3,(H,25,26,27). The molecule has 7 nitrogen and oxygen atoms in total. The summed E-state index contributed by atoms with van der Waals surface area (Å²) in [5.74, 6) is 0.0598. The molecule has 0 unspecified atom stereocenters. The van der Waals surface area contributed by atoms with Crippen molar-refractivity contribution in [2.75, 3.05) is 36.4 Å². The van der Waals surface area contributed by atoms with Crippen LogP contribution < -0.4 is 10.2 Å². The summed E-state index contributed by atoms with van der Waals surface area (Å²) in [6.07, 6.45) is 0. The van der Waals surface area contributed by atoms with Gasteiger partial charge >= 0.3 is 0 Å². The average Bonchev–Trinajstić information content (AvgIpc) is 2.74. The van der Waals surface area contributed by atoms with Gasteiger partial charge in [-0.15, -0.1) is 0 Å². The molecule has 1 aliphatic rings. The van der Waals surface area contributed by atoms with E-state index < -0.39 is 21.7 Å². The van der Waals surface area contributed by atoms with Crippen LogP contribution in [0.1, 0.15) is 11.4 Å². The third-order valence-electron chi connectivity index (χ3n) is 5.18. The minimum Gasteiger partial charge on any atom is -0.354 e. The van der Waals surface area contributed by atoms with E-state index in [-0.39, 0.29) is 18.0 Å². The number of aromatic nitrogens is 2. The third-order valence-corrected chi connectivity index (χ3v) is 7.06. The Morgan fingerprint density at radius 1 is 0.875 bits per heavy atom. The maximum Gasteiger partial charge on any atom is 0.243 e. The summed E-state index contributed by atoms with van der Waals surface area (Å²) in [6.45, 7) is 4.92. The smallest absolute Gasteiger partial charge is 0.243 e. The summed E-state index contributed by atoms with van der Waals surface area (Å²) in [6, 6.07) is 12.1. The molecule has 0 saturated carbocycles. The lowest BCUT2D eigenvalue weighted by Gasteiger charge is -2.34. The molecule has 1 aliphatic heterocycles. The van der Waals surface area contributed by atoms with Crippen LogP contribution in [0.3, 0.4) is 0 Å². The van der Waals surface area contributed by atoms with Gasteiger partial charge in [0.1, 0.15) is 29.1 Å². The highest BCUT2D eigenvalue weighted by molar-refractivity contribution is 7.89. The van der Waals surface area contributed by atoms with Crippen LogP contribution >= 0.6 is 0 Å². The van der Waals surface area contributed by atoms with Crippen LogP contribution in [-0.2, 0) is 10.0 Å². The van der Waals surface area contributed by atoms with Crippen LogP contribution in [0.5, 0.6) is 0 Å². The van der Waals surface area contributed by atoms with Gasteiger partial charge in [0, 0.05) is 44.0 Å². The van der Waals surface area contributed by atoms with E-state index in [9.17, 15) is 17.2 Å². The molecule has 0 bridgehead atoms. The van der Waals surface area contributed by atoms with Crippen molar-refractivity contribution < 1.29 is 17.2 Å². The largest absolute Gasteiger partial charge is 0.354 e. The Labute approximate surface area is 185 Å². The number of sulfonamides is 1. The number of hydrogen-bond acceptors (Lipinski definition) is 6. The molecule has 168 valence electrons. The molecule has 0 radical (unpaired) electrons. The maximum atomic E-state index is 13.5. The van der Waals surface area contributed by atoms with Crippen LogP contribution in [0.25, 0.3) is 0 Å². The van der Waals surface area contributed by atoms with Crippen LogP contribution in [0, 0.1) is 25.5 Å². The van der Waals surface area contributed by atoms with E-state index in [1.807, 2.05) is 42.2 Å². The molecule has 2 heterocycles. The number of nitrogens with zero attached hydrogens (tertiary/aromatic N) is 4. The minimum absolute atomic E-state index is 0.171. The van der Waals surface area contributed by atoms with Crippen LogP contribution in [0.15, 0.2) is 53.4 Å². The molecule has 0 amide bonds. The highest BCUT2D eigenvalue weighted by Crippen LogP contribution is 2.24. The number of halogens is 2. The van der Waals surface area contributed by atoms with Gasteiger partial charge < -0.3 is 10.2 Å². The van der Waals surface area contributed by atoms with Crippen molar-refractivity contribution in [2.24, 2.45) is 0 Å². The van der Waals surface area contributed by atoms with Crippen molar-refractivity contribution in [3.63, 3.8) is 0 Å². The van der Waals surface area contributed by atoms with Crippen molar-refractivity contribution >= 4 is 27.3 Å².